The number of halogens is 4. The van der Waals surface area contributed by atoms with Gasteiger partial charge in [-0.2, -0.15) is 13.2 Å². The number of nitrogens with one attached hydrogen (secondary N) is 3. The molecular weight excluding hydrogens is 669 g/mol. The van der Waals surface area contributed by atoms with E-state index in [1.807, 2.05) is 11.4 Å². The maximum Gasteiger partial charge on any atom is 0.418 e. The lowest BCUT2D eigenvalue weighted by Gasteiger charge is -2.40. The molecule has 3 fully saturated rings. The molecule has 1 aromatic carbocycles. The summed E-state index contributed by atoms with van der Waals surface area (Å²) in [5.74, 6) is 0.701. The molecular formula is C33H42ClF3N6O4S. The van der Waals surface area contributed by atoms with E-state index in [-0.39, 0.29) is 34.8 Å². The molecule has 1 atom stereocenters. The Morgan fingerprint density at radius 2 is 1.71 bits per heavy atom. The van der Waals surface area contributed by atoms with Gasteiger partial charge in [0, 0.05) is 51.3 Å². The number of hydrogen-bond acceptors (Lipinski definition) is 7. The first-order chi connectivity index (χ1) is 23.0. The van der Waals surface area contributed by atoms with Crippen molar-refractivity contribution in [2.45, 2.75) is 69.8 Å². The Labute approximate surface area is 287 Å². The van der Waals surface area contributed by atoms with Gasteiger partial charge in [0.25, 0.3) is 5.91 Å². The number of alkyl halides is 3. The molecule has 4 aliphatic rings. The first-order valence-electron chi connectivity index (χ1n) is 16.7. The monoisotopic (exact) mass is 710 g/mol. The van der Waals surface area contributed by atoms with Crippen LogP contribution >= 0.6 is 22.9 Å². The van der Waals surface area contributed by atoms with Crippen LogP contribution in [0.3, 0.4) is 0 Å². The number of piperidine rings is 3. The van der Waals surface area contributed by atoms with Crippen molar-refractivity contribution < 1.29 is 32.3 Å². The van der Waals surface area contributed by atoms with E-state index >= 15 is 0 Å². The van der Waals surface area contributed by atoms with E-state index in [1.54, 1.807) is 9.80 Å². The van der Waals surface area contributed by atoms with E-state index in [2.05, 4.69) is 16.0 Å². The first kappa shape index (κ1) is 34.6. The van der Waals surface area contributed by atoms with Crippen molar-refractivity contribution in [3.63, 3.8) is 0 Å². The van der Waals surface area contributed by atoms with Crippen LogP contribution < -0.4 is 16.0 Å². The molecule has 3 N–H and O–H groups in total. The number of likely N-dealkylation sites (tertiary alicyclic amines) is 2. The second-order valence-corrected chi connectivity index (χ2v) is 14.4. The van der Waals surface area contributed by atoms with Crippen LogP contribution in [0.1, 0.15) is 55.2 Å². The highest BCUT2D eigenvalue weighted by Crippen LogP contribution is 2.40. The summed E-state index contributed by atoms with van der Waals surface area (Å²) in [4.78, 5) is 45.2. The third kappa shape index (κ3) is 7.65. The standard InChI is InChI=1S/C33H42ClF3N6O4S/c1-38-28-25(33(35,36)37)16-20(17-26(28)34)18-27(30(44)41-11-4-22(5-12-41)21-2-9-39-10-3-21)47-32(46)42-13-6-24(7-14-42)43-19-23-8-15-48-29(23)40-31(43)45/h8,15-17,21-22,24,27,38-39H,2-7,9-14,18-19H2,1H3,(H,40,45)/t27-/m1/s1. The van der Waals surface area contributed by atoms with Gasteiger partial charge in [0.1, 0.15) is 5.00 Å². The number of carbonyl (C=O) groups is 3. The second-order valence-electron chi connectivity index (χ2n) is 13.1. The summed E-state index contributed by atoms with van der Waals surface area (Å²) in [6.45, 7) is 4.12. The molecule has 15 heteroatoms. The van der Waals surface area contributed by atoms with Crippen molar-refractivity contribution in [3.8, 4) is 0 Å². The Hall–Kier alpha value is -3.23. The van der Waals surface area contributed by atoms with Gasteiger partial charge in [-0.1, -0.05) is 11.6 Å². The number of rotatable bonds is 7. The van der Waals surface area contributed by atoms with Gasteiger partial charge in [0.15, 0.2) is 6.10 Å². The van der Waals surface area contributed by atoms with Crippen molar-refractivity contribution in [3.05, 3.63) is 45.3 Å². The van der Waals surface area contributed by atoms with Gasteiger partial charge >= 0.3 is 18.3 Å². The van der Waals surface area contributed by atoms with Crippen molar-refractivity contribution in [1.82, 2.24) is 20.0 Å². The quantitative estimate of drug-likeness (QED) is 0.314. The molecule has 5 heterocycles. The summed E-state index contributed by atoms with van der Waals surface area (Å²) in [6.07, 6.45) is -2.02. The van der Waals surface area contributed by atoms with Crippen molar-refractivity contribution in [2.24, 2.45) is 11.8 Å². The minimum Gasteiger partial charge on any atom is -0.436 e. The Kier molecular flexibility index (Phi) is 10.6. The zero-order valence-corrected chi connectivity index (χ0v) is 28.5. The zero-order valence-electron chi connectivity index (χ0n) is 26.9. The first-order valence-corrected chi connectivity index (χ1v) is 17.9. The van der Waals surface area contributed by atoms with E-state index in [0.717, 1.165) is 55.4 Å². The largest absolute Gasteiger partial charge is 0.436 e. The Morgan fingerprint density at radius 3 is 2.38 bits per heavy atom. The number of nitrogens with zero attached hydrogens (tertiary/aromatic N) is 3. The lowest BCUT2D eigenvalue weighted by Crippen LogP contribution is -2.52. The lowest BCUT2D eigenvalue weighted by molar-refractivity contribution is -0.142. The molecule has 0 aliphatic carbocycles. The third-order valence-electron chi connectivity index (χ3n) is 10.3. The van der Waals surface area contributed by atoms with Crippen molar-refractivity contribution in [1.29, 1.82) is 0 Å². The van der Waals surface area contributed by atoms with Crippen LogP contribution in [0.4, 0.5) is 33.4 Å². The average Bonchev–Trinajstić information content (AvgIpc) is 3.54. The molecule has 48 heavy (non-hydrogen) atoms. The maximum absolute atomic E-state index is 14.0. The molecule has 3 saturated heterocycles. The van der Waals surface area contributed by atoms with Gasteiger partial charge in [0.05, 0.1) is 22.8 Å². The van der Waals surface area contributed by atoms with Crippen LogP contribution in [0.15, 0.2) is 23.6 Å². The number of ether oxygens (including phenoxy) is 1. The van der Waals surface area contributed by atoms with Gasteiger partial charge in [0.2, 0.25) is 0 Å². The Balaban J connectivity index is 1.14. The van der Waals surface area contributed by atoms with Crippen molar-refractivity contribution in [2.75, 3.05) is 56.9 Å². The number of anilines is 2. The molecule has 0 bridgehead atoms. The summed E-state index contributed by atoms with van der Waals surface area (Å²) < 4.78 is 47.8. The normalized spacial score (nSPS) is 20.7. The summed E-state index contributed by atoms with van der Waals surface area (Å²) in [5, 5.41) is 11.5. The molecule has 10 nitrogen and oxygen atoms in total. The predicted octanol–water partition coefficient (Wildman–Crippen LogP) is 6.26. The van der Waals surface area contributed by atoms with Crippen LogP contribution in [0, 0.1) is 11.8 Å². The zero-order chi connectivity index (χ0) is 34.0. The van der Waals surface area contributed by atoms with E-state index in [4.69, 9.17) is 16.3 Å². The maximum atomic E-state index is 14.0. The Bertz CT molecular complexity index is 1490. The fraction of sp³-hybridized carbons (Fsp3) is 0.606. The summed E-state index contributed by atoms with van der Waals surface area (Å²) >= 11 is 7.75. The fourth-order valence-corrected chi connectivity index (χ4v) is 8.74. The number of hydrogen-bond donors (Lipinski definition) is 3. The second kappa shape index (κ2) is 14.7. The molecule has 0 unspecified atom stereocenters. The average molecular weight is 711 g/mol. The predicted molar refractivity (Wildman–Crippen MR) is 178 cm³/mol. The van der Waals surface area contributed by atoms with Gasteiger partial charge < -0.3 is 30.1 Å². The van der Waals surface area contributed by atoms with E-state index < -0.39 is 29.8 Å². The minimum atomic E-state index is -4.69. The molecule has 1 aromatic heterocycles. The highest BCUT2D eigenvalue weighted by Gasteiger charge is 2.39. The number of amides is 4. The topological polar surface area (TPSA) is 106 Å². The molecule has 4 amide bonds. The van der Waals surface area contributed by atoms with Gasteiger partial charge in [-0.05, 0) is 92.6 Å². The van der Waals surface area contributed by atoms with Crippen LogP contribution in [0.5, 0.6) is 0 Å². The van der Waals surface area contributed by atoms with Gasteiger partial charge in [-0.15, -0.1) is 11.3 Å². The van der Waals surface area contributed by atoms with Crippen LogP contribution in [-0.2, 0) is 28.7 Å². The molecule has 2 aromatic rings. The molecule has 4 aliphatic heterocycles. The van der Waals surface area contributed by atoms with Gasteiger partial charge in [-0.3, -0.25) is 10.1 Å². The van der Waals surface area contributed by atoms with E-state index in [9.17, 15) is 27.6 Å². The summed E-state index contributed by atoms with van der Waals surface area (Å²) in [5.41, 5.74) is -0.0109. The number of urea groups is 1. The Morgan fingerprint density at radius 1 is 1.04 bits per heavy atom. The smallest absolute Gasteiger partial charge is 0.418 e. The molecule has 0 saturated carbocycles. The van der Waals surface area contributed by atoms with Crippen LogP contribution in [0.25, 0.3) is 0 Å². The van der Waals surface area contributed by atoms with Crippen LogP contribution in [-0.4, -0.2) is 91.2 Å². The number of fused-ring (bicyclic) bond motifs is 1. The summed E-state index contributed by atoms with van der Waals surface area (Å²) in [6, 6.07) is 4.09. The van der Waals surface area contributed by atoms with Gasteiger partial charge in [-0.25, -0.2) is 9.59 Å². The van der Waals surface area contributed by atoms with Crippen molar-refractivity contribution >= 4 is 51.7 Å². The van der Waals surface area contributed by atoms with Crippen LogP contribution in [0.2, 0.25) is 5.02 Å². The lowest BCUT2D eigenvalue weighted by atomic mass is 9.79. The molecule has 262 valence electrons. The third-order valence-corrected chi connectivity index (χ3v) is 11.4. The molecule has 0 spiro atoms. The SMILES string of the molecule is CNc1c(Cl)cc(C[C@@H](OC(=O)N2CCC(N3Cc4ccsc4NC3=O)CC2)C(=O)N2CCC(C3CCNCC3)CC2)cc1C(F)(F)F. The summed E-state index contributed by atoms with van der Waals surface area (Å²) in [7, 11) is 1.36. The number of thiophene rings is 1. The van der Waals surface area contributed by atoms with E-state index in [1.165, 1.54) is 29.4 Å². The minimum absolute atomic E-state index is 0.0746. The molecule has 0 radical (unpaired) electrons. The number of benzene rings is 1. The molecule has 6 rings (SSSR count). The highest BCUT2D eigenvalue weighted by atomic mass is 35.5. The number of carbonyl (C=O) groups excluding carboxylic acids is 3. The highest BCUT2D eigenvalue weighted by molar-refractivity contribution is 7.14. The van der Waals surface area contributed by atoms with E-state index in [0.29, 0.717) is 57.4 Å². The fourth-order valence-electron chi connectivity index (χ4n) is 7.61.